The molecule has 0 radical (unpaired) electrons. The molecule has 0 aromatic carbocycles. The summed E-state index contributed by atoms with van der Waals surface area (Å²) >= 11 is 9.70. The number of aliphatic carboxylic acids is 1. The van der Waals surface area contributed by atoms with Crippen LogP contribution in [0.25, 0.3) is 11.0 Å². The van der Waals surface area contributed by atoms with Gasteiger partial charge < -0.3 is 46.1 Å². The zero-order valence-electron chi connectivity index (χ0n) is 29.5. The second kappa shape index (κ2) is 20.0. The number of carbonyl (C=O) groups excluding carboxylic acids is 3. The lowest BCUT2D eigenvalue weighted by Crippen LogP contribution is -2.34. The molecular weight excluding hydrogens is 732 g/mol. The lowest BCUT2D eigenvalue weighted by Gasteiger charge is -2.24. The van der Waals surface area contributed by atoms with E-state index in [0.29, 0.717) is 66.7 Å². The van der Waals surface area contributed by atoms with Crippen LogP contribution in [-0.4, -0.2) is 103 Å². The normalized spacial score (nSPS) is 26.4. The van der Waals surface area contributed by atoms with Crippen LogP contribution in [0.3, 0.4) is 0 Å². The summed E-state index contributed by atoms with van der Waals surface area (Å²) < 4.78 is 13.3. The Bertz CT molecular complexity index is 1530. The smallest absolute Gasteiger partial charge is 0.315 e. The molecular formula is C34H49ClN8O7S2. The van der Waals surface area contributed by atoms with Crippen molar-refractivity contribution in [3.8, 4) is 12.3 Å². The number of carboxylic acid groups (broad SMARTS) is 1. The average Bonchev–Trinajstić information content (AvgIpc) is 3.95. The number of aromatic nitrogens is 3. The Kier molecular flexibility index (Phi) is 15.9. The number of hydrogen-bond acceptors (Lipinski definition) is 11. The molecule has 0 spiro atoms. The number of carbonyl (C=O) groups is 4. The molecule has 7 N–H and O–H groups in total. The van der Waals surface area contributed by atoms with E-state index in [9.17, 15) is 19.2 Å². The monoisotopic (exact) mass is 780 g/mol. The standard InChI is InChI=1S/C18H21ClN4O3.C6H12O2.2C5H8N2OS/c1-3-5-6-14(24)25-11-18(4-2)9-7-13(26-18)23-10-8-12-15(20)21-17(19)22-16(12)23;1-2-3-4-5-6(7)8;2*8-5-6-3-1-9-2-4(3)7-5/h2,8,10,13H,3,5-7,9,11H2,1H3,(H2,20,21,22);2-5H2,1H3,(H,7,8);2*3-4H,1-2H2,(H2,6,7,8)/t13-,18+;;3-,4?;3-,4+/m1.0./s1. The summed E-state index contributed by atoms with van der Waals surface area (Å²) in [6.45, 7) is 4.12. The number of terminal acetylenes is 1. The number of halogens is 1. The highest BCUT2D eigenvalue weighted by molar-refractivity contribution is 7.99. The minimum Gasteiger partial charge on any atom is -0.481 e. The molecule has 7 heterocycles. The van der Waals surface area contributed by atoms with Crippen molar-refractivity contribution in [2.75, 3.05) is 35.4 Å². The summed E-state index contributed by atoms with van der Waals surface area (Å²) in [4.78, 5) is 51.1. The fourth-order valence-corrected chi connectivity index (χ4v) is 8.72. The van der Waals surface area contributed by atoms with Crippen molar-refractivity contribution >= 4 is 76.0 Å². The second-order valence-electron chi connectivity index (χ2n) is 12.9. The first kappa shape index (κ1) is 41.2. The fourth-order valence-electron chi connectivity index (χ4n) is 6.00. The van der Waals surface area contributed by atoms with Gasteiger partial charge in [-0.25, -0.2) is 14.6 Å². The summed E-state index contributed by atoms with van der Waals surface area (Å²) in [5, 5.41) is 20.3. The third kappa shape index (κ3) is 11.7. The highest BCUT2D eigenvalue weighted by Crippen LogP contribution is 2.38. The highest BCUT2D eigenvalue weighted by Gasteiger charge is 2.41. The average molecular weight is 781 g/mol. The van der Waals surface area contributed by atoms with Gasteiger partial charge >= 0.3 is 24.0 Å². The van der Waals surface area contributed by atoms with Gasteiger partial charge in [0.15, 0.2) is 5.60 Å². The van der Waals surface area contributed by atoms with Crippen LogP contribution in [0.1, 0.15) is 77.9 Å². The van der Waals surface area contributed by atoms with Crippen LogP contribution in [0.4, 0.5) is 15.4 Å². The van der Waals surface area contributed by atoms with Gasteiger partial charge in [0.05, 0.1) is 29.6 Å². The Balaban J connectivity index is 0.000000187. The van der Waals surface area contributed by atoms with Gasteiger partial charge in [0, 0.05) is 42.0 Å². The first-order valence-electron chi connectivity index (χ1n) is 17.6. The number of rotatable bonds is 10. The maximum absolute atomic E-state index is 11.8. The largest absolute Gasteiger partial charge is 0.481 e. The molecule has 7 rings (SSSR count). The first-order valence-corrected chi connectivity index (χ1v) is 20.3. The van der Waals surface area contributed by atoms with Gasteiger partial charge in [-0.3, -0.25) is 9.59 Å². The highest BCUT2D eigenvalue weighted by atomic mass is 35.5. The Hall–Kier alpha value is -3.59. The van der Waals surface area contributed by atoms with Crippen LogP contribution in [0.15, 0.2) is 12.3 Å². The van der Waals surface area contributed by atoms with Gasteiger partial charge in [0.25, 0.3) is 0 Å². The van der Waals surface area contributed by atoms with E-state index in [2.05, 4.69) is 44.1 Å². The van der Waals surface area contributed by atoms with Gasteiger partial charge in [-0.1, -0.05) is 39.0 Å². The fraction of sp³-hybridized carbons (Fsp3) is 0.647. The summed E-state index contributed by atoms with van der Waals surface area (Å²) in [6, 6.07) is 3.44. The molecule has 18 heteroatoms. The molecule has 2 aromatic rings. The summed E-state index contributed by atoms with van der Waals surface area (Å²) in [5.41, 5.74) is 5.53. The summed E-state index contributed by atoms with van der Waals surface area (Å²) in [6.07, 6.45) is 13.8. The van der Waals surface area contributed by atoms with Crippen molar-refractivity contribution in [3.63, 3.8) is 0 Å². The van der Waals surface area contributed by atoms with E-state index in [0.717, 1.165) is 55.1 Å². The molecule has 5 fully saturated rings. The predicted molar refractivity (Wildman–Crippen MR) is 203 cm³/mol. The van der Waals surface area contributed by atoms with Crippen LogP contribution >= 0.6 is 35.1 Å². The van der Waals surface area contributed by atoms with Gasteiger partial charge in [-0.15, -0.1) is 6.42 Å². The van der Waals surface area contributed by atoms with Gasteiger partial charge in [-0.2, -0.15) is 28.5 Å². The number of fused-ring (bicyclic) bond motifs is 3. The lowest BCUT2D eigenvalue weighted by molar-refractivity contribution is -0.152. The third-order valence-corrected chi connectivity index (χ3v) is 11.5. The van der Waals surface area contributed by atoms with E-state index in [-0.39, 0.29) is 36.1 Å². The molecule has 1 unspecified atom stereocenters. The topological polar surface area (TPSA) is 212 Å². The number of nitrogens with zero attached hydrogens (tertiary/aromatic N) is 3. The number of anilines is 1. The van der Waals surface area contributed by atoms with E-state index in [1.165, 1.54) is 0 Å². The molecule has 0 bridgehead atoms. The van der Waals surface area contributed by atoms with Crippen molar-refractivity contribution in [3.05, 3.63) is 17.5 Å². The zero-order valence-corrected chi connectivity index (χ0v) is 31.9. The molecule has 0 saturated carbocycles. The minimum absolute atomic E-state index is 0.00491. The van der Waals surface area contributed by atoms with Gasteiger partial charge in [-0.05, 0) is 43.4 Å². The number of urea groups is 2. The molecule has 5 aliphatic heterocycles. The number of hydrogen-bond donors (Lipinski definition) is 6. The molecule has 2 aromatic heterocycles. The van der Waals surface area contributed by atoms with E-state index in [1.54, 1.807) is 0 Å². The van der Waals surface area contributed by atoms with E-state index < -0.39 is 11.6 Å². The predicted octanol–water partition coefficient (Wildman–Crippen LogP) is 4.30. The number of nitrogens with one attached hydrogen (secondary N) is 4. The van der Waals surface area contributed by atoms with E-state index in [4.69, 9.17) is 38.3 Å². The Morgan fingerprint density at radius 3 is 2.12 bits per heavy atom. The molecule has 5 aliphatic rings. The third-order valence-electron chi connectivity index (χ3n) is 8.93. The Morgan fingerprint density at radius 1 is 1.02 bits per heavy atom. The molecule has 52 heavy (non-hydrogen) atoms. The molecule has 6 atom stereocenters. The van der Waals surface area contributed by atoms with Crippen molar-refractivity contribution in [1.29, 1.82) is 0 Å². The molecule has 286 valence electrons. The quantitative estimate of drug-likeness (QED) is 0.0655. The Labute approximate surface area is 317 Å². The van der Waals surface area contributed by atoms with E-state index >= 15 is 0 Å². The minimum atomic E-state index is -0.939. The zero-order chi connectivity index (χ0) is 37.7. The maximum atomic E-state index is 11.8. The van der Waals surface area contributed by atoms with Gasteiger partial charge in [0.2, 0.25) is 5.28 Å². The van der Waals surface area contributed by atoms with Crippen molar-refractivity contribution in [1.82, 2.24) is 35.8 Å². The van der Waals surface area contributed by atoms with Crippen molar-refractivity contribution in [2.24, 2.45) is 0 Å². The molecule has 0 aliphatic carbocycles. The number of nitrogen functional groups attached to an aromatic ring is 1. The number of amides is 4. The SMILES string of the molecule is C#C[C@@]1(COC(=O)CCCC)CC[C@H](n2ccc3c(N)nc(Cl)nc32)O1.CCCCCC(=O)O.O=C1NC2CSC[C@@H]2N1.O=C1N[C@H]2CSC[C@H]2N1. The summed E-state index contributed by atoms with van der Waals surface area (Å²) in [7, 11) is 0. The summed E-state index contributed by atoms with van der Waals surface area (Å²) in [5.74, 6) is 6.32. The first-order chi connectivity index (χ1) is 25.0. The van der Waals surface area contributed by atoms with Crippen molar-refractivity contribution < 1.29 is 33.8 Å². The van der Waals surface area contributed by atoms with Crippen LogP contribution in [0, 0.1) is 12.3 Å². The number of ether oxygens (including phenoxy) is 2. The number of nitrogens with two attached hydrogens (primary N) is 1. The number of esters is 1. The molecule has 15 nitrogen and oxygen atoms in total. The van der Waals surface area contributed by atoms with E-state index in [1.807, 2.05) is 47.3 Å². The number of carboxylic acids is 1. The van der Waals surface area contributed by atoms with Crippen LogP contribution in [0.5, 0.6) is 0 Å². The van der Waals surface area contributed by atoms with Crippen LogP contribution < -0.4 is 27.0 Å². The number of thioether (sulfide) groups is 2. The van der Waals surface area contributed by atoms with Crippen LogP contribution in [-0.2, 0) is 19.1 Å². The maximum Gasteiger partial charge on any atom is 0.315 e. The molecule has 5 saturated heterocycles. The second-order valence-corrected chi connectivity index (χ2v) is 15.4. The van der Waals surface area contributed by atoms with Crippen molar-refractivity contribution in [2.45, 2.75) is 108 Å². The molecule has 4 amide bonds. The Morgan fingerprint density at radius 2 is 1.60 bits per heavy atom. The van der Waals surface area contributed by atoms with Gasteiger partial charge in [0.1, 0.15) is 24.3 Å². The van der Waals surface area contributed by atoms with Crippen LogP contribution in [0.2, 0.25) is 5.28 Å². The lowest BCUT2D eigenvalue weighted by atomic mass is 10.0. The number of unbranched alkanes of at least 4 members (excludes halogenated alkanes) is 3.